The number of hydrogen-bond donors (Lipinski definition) is 4. The number of allylic oxidation sites excluding steroid dienone is 4. The molecule has 0 aliphatic carbocycles. The van der Waals surface area contributed by atoms with E-state index in [4.69, 9.17) is 0 Å². The Bertz CT molecular complexity index is 1090. The molecule has 0 unspecified atom stereocenters. The maximum absolute atomic E-state index is 4.66. The van der Waals surface area contributed by atoms with Gasteiger partial charge in [-0.25, -0.2) is 0 Å². The van der Waals surface area contributed by atoms with Gasteiger partial charge in [-0.2, -0.15) is 0 Å². The molecular formula is C38H60N12. The number of nitrogens with one attached hydrogen (secondary N) is 4. The number of hydrogen-bond acceptors (Lipinski definition) is 12. The normalized spacial score (nSPS) is 25.3. The van der Waals surface area contributed by atoms with Crippen LogP contribution in [0, 0.1) is 0 Å². The SMILES string of the molecule is C1=NCCCCCCCN=C/C2=C/NCCN/C=C(/C=NCCCCCCCN=C/C3=C/NCCN/C=C/1C=NCCN=C3)C=NCCN=C2. The Kier molecular flexibility index (Phi) is 23.5. The monoisotopic (exact) mass is 685 g/mol. The summed E-state index contributed by atoms with van der Waals surface area (Å²) in [6.45, 7) is 8.90. The number of aliphatic imine (C=N–C) groups is 8. The van der Waals surface area contributed by atoms with E-state index in [0.29, 0.717) is 26.2 Å². The van der Waals surface area contributed by atoms with Gasteiger partial charge in [0, 0.05) is 149 Å². The fourth-order valence-corrected chi connectivity index (χ4v) is 4.94. The van der Waals surface area contributed by atoms with Crippen LogP contribution in [-0.4, -0.2) is 128 Å². The minimum Gasteiger partial charge on any atom is -0.389 e. The maximum atomic E-state index is 4.66. The summed E-state index contributed by atoms with van der Waals surface area (Å²) < 4.78 is 0. The molecule has 0 aromatic heterocycles. The Labute approximate surface area is 300 Å². The second-order valence-corrected chi connectivity index (χ2v) is 12.2. The van der Waals surface area contributed by atoms with E-state index in [1.807, 2.05) is 74.5 Å². The predicted molar refractivity (Wildman–Crippen MR) is 217 cm³/mol. The fourth-order valence-electron chi connectivity index (χ4n) is 4.94. The van der Waals surface area contributed by atoms with E-state index in [-0.39, 0.29) is 0 Å². The molecule has 0 aromatic rings. The summed E-state index contributed by atoms with van der Waals surface area (Å²) in [6.07, 6.45) is 34.5. The Morgan fingerprint density at radius 1 is 0.260 bits per heavy atom. The molecule has 4 N–H and O–H groups in total. The first-order valence-corrected chi connectivity index (χ1v) is 18.6. The lowest BCUT2D eigenvalue weighted by Crippen LogP contribution is -2.21. The minimum absolute atomic E-state index is 0.625. The molecule has 0 amide bonds. The van der Waals surface area contributed by atoms with Crippen LogP contribution in [-0.2, 0) is 0 Å². The average Bonchev–Trinajstić information content (AvgIpc) is 3.12. The summed E-state index contributed by atoms with van der Waals surface area (Å²) in [5.74, 6) is 0. The Morgan fingerprint density at radius 2 is 0.460 bits per heavy atom. The van der Waals surface area contributed by atoms with Crippen LogP contribution in [0.2, 0.25) is 0 Å². The largest absolute Gasteiger partial charge is 0.389 e. The van der Waals surface area contributed by atoms with Crippen molar-refractivity contribution in [3.8, 4) is 0 Å². The van der Waals surface area contributed by atoms with Gasteiger partial charge in [0.25, 0.3) is 0 Å². The van der Waals surface area contributed by atoms with E-state index in [1.165, 1.54) is 12.8 Å². The molecule has 0 atom stereocenters. The molecule has 6 aliphatic heterocycles. The van der Waals surface area contributed by atoms with Crippen LogP contribution in [0.25, 0.3) is 0 Å². The molecule has 50 heavy (non-hydrogen) atoms. The zero-order valence-electron chi connectivity index (χ0n) is 30.1. The summed E-state index contributed by atoms with van der Waals surface area (Å²) in [7, 11) is 0. The summed E-state index contributed by atoms with van der Waals surface area (Å²) in [5, 5.41) is 13.5. The minimum atomic E-state index is 0.625. The lowest BCUT2D eigenvalue weighted by molar-refractivity contribution is 0.625. The zero-order chi connectivity index (χ0) is 34.8. The van der Waals surface area contributed by atoms with E-state index in [2.05, 4.69) is 61.2 Å². The number of nitrogens with zero attached hydrogens (tertiary/aromatic N) is 8. The third-order valence-electron chi connectivity index (χ3n) is 7.69. The van der Waals surface area contributed by atoms with Gasteiger partial charge in [0.2, 0.25) is 0 Å². The molecule has 0 fully saturated rings. The van der Waals surface area contributed by atoms with Crippen LogP contribution < -0.4 is 21.3 Å². The highest BCUT2D eigenvalue weighted by Gasteiger charge is 1.97. The van der Waals surface area contributed by atoms with E-state index in [1.54, 1.807) is 0 Å². The highest BCUT2D eigenvalue weighted by Crippen LogP contribution is 2.05. The first-order chi connectivity index (χ1) is 24.9. The zero-order valence-corrected chi connectivity index (χ0v) is 30.1. The molecule has 6 rings (SSSR count). The first-order valence-electron chi connectivity index (χ1n) is 18.6. The second kappa shape index (κ2) is 29.4. The van der Waals surface area contributed by atoms with Crippen molar-refractivity contribution in [2.24, 2.45) is 39.9 Å². The lowest BCUT2D eigenvalue weighted by atomic mass is 10.1. The van der Waals surface area contributed by atoms with Crippen LogP contribution in [0.5, 0.6) is 0 Å². The molecule has 0 spiro atoms. The summed E-state index contributed by atoms with van der Waals surface area (Å²) in [5.41, 5.74) is 3.88. The van der Waals surface area contributed by atoms with Crippen molar-refractivity contribution in [2.75, 3.05) is 78.5 Å². The van der Waals surface area contributed by atoms with Gasteiger partial charge >= 0.3 is 0 Å². The Morgan fingerprint density at radius 3 is 0.700 bits per heavy atom. The molecule has 272 valence electrons. The van der Waals surface area contributed by atoms with Gasteiger partial charge < -0.3 is 21.3 Å². The van der Waals surface area contributed by atoms with Crippen molar-refractivity contribution in [3.63, 3.8) is 0 Å². The molecule has 0 radical (unpaired) electrons. The van der Waals surface area contributed by atoms with Gasteiger partial charge in [0.15, 0.2) is 0 Å². The number of rotatable bonds is 0. The lowest BCUT2D eigenvalue weighted by Gasteiger charge is -2.05. The summed E-state index contributed by atoms with van der Waals surface area (Å²) in [6, 6.07) is 0. The summed E-state index contributed by atoms with van der Waals surface area (Å²) >= 11 is 0. The van der Waals surface area contributed by atoms with Gasteiger partial charge in [0.1, 0.15) is 0 Å². The third-order valence-corrected chi connectivity index (χ3v) is 7.69. The van der Waals surface area contributed by atoms with E-state index < -0.39 is 0 Å². The highest BCUT2D eigenvalue weighted by molar-refractivity contribution is 6.05. The highest BCUT2D eigenvalue weighted by atomic mass is 14.9. The fraction of sp³-hybridized carbons (Fsp3) is 0.579. The van der Waals surface area contributed by atoms with Crippen LogP contribution in [0.3, 0.4) is 0 Å². The van der Waals surface area contributed by atoms with Crippen molar-refractivity contribution in [3.05, 3.63) is 47.1 Å². The standard InChI is InChI=1S/C38H60N12/c1-3-7-11-39-23-35-27-43-15-19-47-31-37(32-48-20-16-44-28-35)25-41-13-9-5-2-6-10-14-42-26-38-33-49-21-17-45-29-36(24-40-12-8-4-1)30-46-18-22-50-34-38/h23-34,43,45,47,49H,1-22H2/b35-27-,36-29-,37-31-,38-33-,39-23?,40-24?,41-25?,42-26?,44-28?,46-30?,48-32?,50-34?. The molecule has 0 saturated carbocycles. The third kappa shape index (κ3) is 22.2. The summed E-state index contributed by atoms with van der Waals surface area (Å²) in [4.78, 5) is 36.9. The van der Waals surface area contributed by atoms with Crippen LogP contribution >= 0.6 is 0 Å². The smallest absolute Gasteiger partial charge is 0.0585 e. The van der Waals surface area contributed by atoms with Crippen LogP contribution in [0.4, 0.5) is 0 Å². The molecule has 4 bridgehead atoms. The second-order valence-electron chi connectivity index (χ2n) is 12.2. The molecule has 6 aliphatic rings. The van der Waals surface area contributed by atoms with Crippen molar-refractivity contribution < 1.29 is 0 Å². The molecule has 12 heteroatoms. The van der Waals surface area contributed by atoms with E-state index in [9.17, 15) is 0 Å². The van der Waals surface area contributed by atoms with Crippen LogP contribution in [0.15, 0.2) is 87.0 Å². The van der Waals surface area contributed by atoms with Gasteiger partial charge in [-0.1, -0.05) is 38.5 Å². The topological polar surface area (TPSA) is 147 Å². The van der Waals surface area contributed by atoms with Gasteiger partial charge in [-0.05, 0) is 25.7 Å². The van der Waals surface area contributed by atoms with Crippen molar-refractivity contribution in [2.45, 2.75) is 64.2 Å². The van der Waals surface area contributed by atoms with Crippen LogP contribution in [0.1, 0.15) is 64.2 Å². The molecule has 12 nitrogen and oxygen atoms in total. The molecule has 0 aromatic carbocycles. The molecule has 6 heterocycles. The van der Waals surface area contributed by atoms with Crippen molar-refractivity contribution >= 4 is 49.7 Å². The van der Waals surface area contributed by atoms with Gasteiger partial charge in [0.05, 0.1) is 26.2 Å². The van der Waals surface area contributed by atoms with E-state index >= 15 is 0 Å². The van der Waals surface area contributed by atoms with Gasteiger partial charge in [-0.3, -0.25) is 39.9 Å². The maximum Gasteiger partial charge on any atom is 0.0585 e. The average molecular weight is 685 g/mol. The quantitative estimate of drug-likeness (QED) is 0.300. The predicted octanol–water partition coefficient (Wildman–Crippen LogP) is 4.39. The van der Waals surface area contributed by atoms with Gasteiger partial charge in [-0.15, -0.1) is 0 Å². The Balaban J connectivity index is 1.57. The first kappa shape index (κ1) is 40.0. The molecular weight excluding hydrogens is 625 g/mol. The Hall–Kier alpha value is -4.48. The van der Waals surface area contributed by atoms with Crippen molar-refractivity contribution in [1.82, 2.24) is 21.3 Å². The van der Waals surface area contributed by atoms with E-state index in [0.717, 1.165) is 126 Å². The molecule has 0 saturated heterocycles. The van der Waals surface area contributed by atoms with Crippen molar-refractivity contribution in [1.29, 1.82) is 0 Å².